The molecule has 0 saturated carbocycles. The van der Waals surface area contributed by atoms with Crippen molar-refractivity contribution in [1.29, 1.82) is 5.26 Å². The molecule has 2 rings (SSSR count). The minimum atomic E-state index is 0.602. The van der Waals surface area contributed by atoms with E-state index in [-0.39, 0.29) is 0 Å². The zero-order valence-electron chi connectivity index (χ0n) is 8.09. The molecule has 0 atom stereocenters. The molecule has 0 aliphatic rings. The Morgan fingerprint density at radius 1 is 1.07 bits per heavy atom. The summed E-state index contributed by atoms with van der Waals surface area (Å²) in [7, 11) is 0. The lowest BCUT2D eigenvalue weighted by molar-refractivity contribution is 0.965. The van der Waals surface area contributed by atoms with Crippen LogP contribution in [0.15, 0.2) is 42.7 Å². The van der Waals surface area contributed by atoms with Gasteiger partial charge in [0.15, 0.2) is 0 Å². The van der Waals surface area contributed by atoms with E-state index < -0.39 is 0 Å². The highest BCUT2D eigenvalue weighted by atomic mass is 14.8. The topological polar surface area (TPSA) is 49.6 Å². The van der Waals surface area contributed by atoms with Crippen LogP contribution in [0, 0.1) is 11.3 Å². The predicted molar refractivity (Wildman–Crippen MR) is 56.0 cm³/mol. The third kappa shape index (κ3) is 2.18. The first-order valence-corrected chi connectivity index (χ1v) is 4.64. The molecule has 0 N–H and O–H groups in total. The van der Waals surface area contributed by atoms with Gasteiger partial charge in [0.2, 0.25) is 0 Å². The van der Waals surface area contributed by atoms with E-state index in [1.54, 1.807) is 24.5 Å². The molecule has 2 aromatic rings. The van der Waals surface area contributed by atoms with Crippen molar-refractivity contribution in [1.82, 2.24) is 9.97 Å². The highest BCUT2D eigenvalue weighted by molar-refractivity contribution is 5.38. The lowest BCUT2D eigenvalue weighted by atomic mass is 10.1. The molecule has 15 heavy (non-hydrogen) atoms. The van der Waals surface area contributed by atoms with E-state index in [1.807, 2.05) is 18.2 Å². The zero-order valence-corrected chi connectivity index (χ0v) is 8.09. The second-order valence-corrected chi connectivity index (χ2v) is 3.11. The van der Waals surface area contributed by atoms with E-state index in [9.17, 15) is 0 Å². The largest absolute Gasteiger partial charge is 0.241 e. The van der Waals surface area contributed by atoms with Crippen molar-refractivity contribution in [3.8, 4) is 6.07 Å². The fourth-order valence-electron chi connectivity index (χ4n) is 1.38. The number of rotatable bonds is 2. The molecule has 72 valence electrons. The summed E-state index contributed by atoms with van der Waals surface area (Å²) in [6.45, 7) is 0. The van der Waals surface area contributed by atoms with E-state index in [0.717, 1.165) is 11.4 Å². The number of benzene rings is 1. The van der Waals surface area contributed by atoms with E-state index >= 15 is 0 Å². The second kappa shape index (κ2) is 4.34. The van der Waals surface area contributed by atoms with Gasteiger partial charge in [-0.05, 0) is 17.7 Å². The molecule has 0 saturated heterocycles. The summed E-state index contributed by atoms with van der Waals surface area (Å²) in [6, 6.07) is 11.4. The van der Waals surface area contributed by atoms with Gasteiger partial charge in [-0.25, -0.2) is 9.97 Å². The minimum Gasteiger partial charge on any atom is -0.241 e. The van der Waals surface area contributed by atoms with E-state index in [4.69, 9.17) is 5.26 Å². The van der Waals surface area contributed by atoms with Crippen LogP contribution >= 0.6 is 0 Å². The molecule has 0 spiro atoms. The summed E-state index contributed by atoms with van der Waals surface area (Å²) in [4.78, 5) is 8.26. The molecule has 3 heteroatoms. The number of hydrogen-bond acceptors (Lipinski definition) is 3. The molecule has 1 heterocycles. The third-order valence-electron chi connectivity index (χ3n) is 2.11. The lowest BCUT2D eigenvalue weighted by Gasteiger charge is -2.01. The van der Waals surface area contributed by atoms with Crippen LogP contribution in [0.3, 0.4) is 0 Å². The highest BCUT2D eigenvalue weighted by Gasteiger charge is 2.02. The number of nitrogens with zero attached hydrogens (tertiary/aromatic N) is 3. The first-order valence-electron chi connectivity index (χ1n) is 4.64. The van der Waals surface area contributed by atoms with Gasteiger partial charge in [0, 0.05) is 18.8 Å². The number of hydrogen-bond donors (Lipinski definition) is 0. The molecule has 3 nitrogen and oxygen atoms in total. The van der Waals surface area contributed by atoms with Crippen LogP contribution in [-0.4, -0.2) is 9.97 Å². The van der Waals surface area contributed by atoms with Gasteiger partial charge in [0.05, 0.1) is 11.6 Å². The standard InChI is InChI=1S/C12H9N3/c13-9-11-5-2-1-4-10(11)8-12-14-6-3-7-15-12/h1-7H,8H2. The molecule has 0 radical (unpaired) electrons. The maximum Gasteiger partial charge on any atom is 0.132 e. The lowest BCUT2D eigenvalue weighted by Crippen LogP contribution is -1.97. The Morgan fingerprint density at radius 2 is 1.80 bits per heavy atom. The Balaban J connectivity index is 2.29. The van der Waals surface area contributed by atoms with Crippen LogP contribution < -0.4 is 0 Å². The second-order valence-electron chi connectivity index (χ2n) is 3.11. The monoisotopic (exact) mass is 195 g/mol. The van der Waals surface area contributed by atoms with Gasteiger partial charge in [-0.2, -0.15) is 5.26 Å². The Labute approximate surface area is 88.1 Å². The predicted octanol–water partition coefficient (Wildman–Crippen LogP) is 1.94. The van der Waals surface area contributed by atoms with Crippen molar-refractivity contribution in [3.05, 3.63) is 59.7 Å². The molecule has 1 aromatic heterocycles. The minimum absolute atomic E-state index is 0.602. The van der Waals surface area contributed by atoms with E-state index in [0.29, 0.717) is 12.0 Å². The Morgan fingerprint density at radius 3 is 2.53 bits per heavy atom. The summed E-state index contributed by atoms with van der Waals surface area (Å²) < 4.78 is 0. The van der Waals surface area contributed by atoms with Crippen molar-refractivity contribution in [3.63, 3.8) is 0 Å². The molecule has 0 unspecified atom stereocenters. The molecule has 0 fully saturated rings. The maximum absolute atomic E-state index is 8.91. The van der Waals surface area contributed by atoms with Gasteiger partial charge in [-0.1, -0.05) is 18.2 Å². The van der Waals surface area contributed by atoms with Crippen molar-refractivity contribution in [2.45, 2.75) is 6.42 Å². The van der Waals surface area contributed by atoms with Crippen LogP contribution in [0.2, 0.25) is 0 Å². The van der Waals surface area contributed by atoms with Crippen LogP contribution in [0.4, 0.5) is 0 Å². The van der Waals surface area contributed by atoms with Crippen molar-refractivity contribution in [2.75, 3.05) is 0 Å². The summed E-state index contributed by atoms with van der Waals surface area (Å²) >= 11 is 0. The van der Waals surface area contributed by atoms with E-state index in [2.05, 4.69) is 16.0 Å². The van der Waals surface area contributed by atoms with Crippen molar-refractivity contribution >= 4 is 0 Å². The molecule has 0 aliphatic carbocycles. The first kappa shape index (κ1) is 9.35. The fraction of sp³-hybridized carbons (Fsp3) is 0.0833. The SMILES string of the molecule is N#Cc1ccccc1Cc1ncccn1. The fourth-order valence-corrected chi connectivity index (χ4v) is 1.38. The van der Waals surface area contributed by atoms with Gasteiger partial charge in [-0.15, -0.1) is 0 Å². The zero-order chi connectivity index (χ0) is 10.5. The average molecular weight is 195 g/mol. The van der Waals surface area contributed by atoms with Crippen LogP contribution in [-0.2, 0) is 6.42 Å². The molecule has 0 amide bonds. The maximum atomic E-state index is 8.91. The van der Waals surface area contributed by atoms with E-state index in [1.165, 1.54) is 0 Å². The molecule has 0 bridgehead atoms. The van der Waals surface area contributed by atoms with Crippen molar-refractivity contribution < 1.29 is 0 Å². The Kier molecular flexibility index (Phi) is 2.70. The quantitative estimate of drug-likeness (QED) is 0.735. The molecular weight excluding hydrogens is 186 g/mol. The van der Waals surface area contributed by atoms with Gasteiger partial charge in [-0.3, -0.25) is 0 Å². The summed E-state index contributed by atoms with van der Waals surface area (Å²) in [5, 5.41) is 8.91. The number of aromatic nitrogens is 2. The smallest absolute Gasteiger partial charge is 0.132 e. The van der Waals surface area contributed by atoms with Gasteiger partial charge in [0.1, 0.15) is 5.82 Å². The Bertz CT molecular complexity index is 486. The summed E-state index contributed by atoms with van der Waals surface area (Å²) in [5.41, 5.74) is 1.65. The van der Waals surface area contributed by atoms with Gasteiger partial charge >= 0.3 is 0 Å². The highest BCUT2D eigenvalue weighted by Crippen LogP contribution is 2.10. The number of nitriles is 1. The molecule has 0 aliphatic heterocycles. The average Bonchev–Trinajstić information content (AvgIpc) is 2.31. The van der Waals surface area contributed by atoms with Crippen LogP contribution in [0.5, 0.6) is 0 Å². The molecular formula is C12H9N3. The van der Waals surface area contributed by atoms with Gasteiger partial charge in [0.25, 0.3) is 0 Å². The first-order chi connectivity index (χ1) is 7.40. The van der Waals surface area contributed by atoms with Gasteiger partial charge < -0.3 is 0 Å². The summed E-state index contributed by atoms with van der Waals surface area (Å²) in [5.74, 6) is 0.736. The Hall–Kier alpha value is -2.21. The molecule has 1 aromatic carbocycles. The summed E-state index contributed by atoms with van der Waals surface area (Å²) in [6.07, 6.45) is 4.01. The normalized spacial score (nSPS) is 9.53. The third-order valence-corrected chi connectivity index (χ3v) is 2.11. The van der Waals surface area contributed by atoms with Crippen LogP contribution in [0.1, 0.15) is 17.0 Å². The van der Waals surface area contributed by atoms with Crippen molar-refractivity contribution in [2.24, 2.45) is 0 Å². The van der Waals surface area contributed by atoms with Crippen LogP contribution in [0.25, 0.3) is 0 Å².